The van der Waals surface area contributed by atoms with Gasteiger partial charge in [-0.3, -0.25) is 15.2 Å². The third-order valence-electron chi connectivity index (χ3n) is 3.62. The highest BCUT2D eigenvalue weighted by Gasteiger charge is 2.09. The number of aromatic nitrogens is 1. The molecule has 8 heteroatoms. The topological polar surface area (TPSA) is 112 Å². The second-order valence-corrected chi connectivity index (χ2v) is 7.44. The smallest absolute Gasteiger partial charge is 0.258 e. The van der Waals surface area contributed by atoms with Crippen LogP contribution in [-0.4, -0.2) is 31.0 Å². The van der Waals surface area contributed by atoms with Crippen LogP contribution < -0.4 is 11.0 Å². The number of H-pyrrole nitrogens is 1. The molecule has 0 bridgehead atoms. The molecule has 0 spiro atoms. The number of sulfone groups is 1. The van der Waals surface area contributed by atoms with E-state index in [1.54, 1.807) is 36.4 Å². The lowest BCUT2D eigenvalue weighted by molar-refractivity contribution is 0.452. The molecule has 128 valence electrons. The van der Waals surface area contributed by atoms with E-state index in [4.69, 9.17) is 0 Å². The van der Waals surface area contributed by atoms with Crippen molar-refractivity contribution < 1.29 is 13.5 Å². The average Bonchev–Trinajstić information content (AvgIpc) is 2.57. The normalized spacial score (nSPS) is 11.9. The Morgan fingerprint density at radius 2 is 1.72 bits per heavy atom. The molecule has 3 N–H and O–H groups in total. The number of fused-ring (bicyclic) bond motifs is 1. The van der Waals surface area contributed by atoms with Gasteiger partial charge in [0.05, 0.1) is 22.4 Å². The number of pyridine rings is 1. The molecule has 0 saturated carbocycles. The van der Waals surface area contributed by atoms with Crippen molar-refractivity contribution in [1.82, 2.24) is 4.98 Å². The second-order valence-electron chi connectivity index (χ2n) is 5.43. The molecule has 0 amide bonds. The molecular weight excluding hydrogens is 342 g/mol. The third kappa shape index (κ3) is 3.53. The van der Waals surface area contributed by atoms with E-state index in [0.29, 0.717) is 22.0 Å². The number of nitrogens with one attached hydrogen (secondary N) is 2. The Hall–Kier alpha value is -3.13. The van der Waals surface area contributed by atoms with Gasteiger partial charge in [0.1, 0.15) is 0 Å². The maximum atomic E-state index is 11.8. The van der Waals surface area contributed by atoms with Gasteiger partial charge >= 0.3 is 0 Å². The van der Waals surface area contributed by atoms with Gasteiger partial charge in [-0.25, -0.2) is 8.42 Å². The highest BCUT2D eigenvalue weighted by molar-refractivity contribution is 7.90. The van der Waals surface area contributed by atoms with Crippen molar-refractivity contribution >= 4 is 32.5 Å². The minimum atomic E-state index is -3.25. The van der Waals surface area contributed by atoms with Crippen molar-refractivity contribution in [2.75, 3.05) is 11.7 Å². The Morgan fingerprint density at radius 1 is 1.08 bits per heavy atom. The molecule has 0 aliphatic rings. The van der Waals surface area contributed by atoms with E-state index in [0.717, 1.165) is 6.26 Å². The summed E-state index contributed by atoms with van der Waals surface area (Å²) in [5.74, 6) is -0.276. The predicted octanol–water partition coefficient (Wildman–Crippen LogP) is 2.08. The van der Waals surface area contributed by atoms with Crippen LogP contribution in [0.25, 0.3) is 10.8 Å². The largest absolute Gasteiger partial charge is 0.494 e. The lowest BCUT2D eigenvalue weighted by Crippen LogP contribution is -2.08. The van der Waals surface area contributed by atoms with Crippen LogP contribution in [0.4, 0.5) is 5.69 Å². The summed E-state index contributed by atoms with van der Waals surface area (Å²) in [6.45, 7) is 0. The minimum absolute atomic E-state index is 0.214. The molecule has 2 aromatic carbocycles. The number of nitrogens with zero attached hydrogens (tertiary/aromatic N) is 1. The summed E-state index contributed by atoms with van der Waals surface area (Å²) in [5.41, 5.74) is 3.32. The van der Waals surface area contributed by atoms with Crippen LogP contribution in [0.2, 0.25) is 0 Å². The molecule has 3 rings (SSSR count). The molecule has 0 fully saturated rings. The zero-order valence-electron chi connectivity index (χ0n) is 13.2. The zero-order valence-corrected chi connectivity index (χ0v) is 14.0. The van der Waals surface area contributed by atoms with E-state index in [2.05, 4.69) is 15.5 Å². The van der Waals surface area contributed by atoms with Gasteiger partial charge in [0, 0.05) is 17.0 Å². The number of hydrogen-bond acceptors (Lipinski definition) is 6. The van der Waals surface area contributed by atoms with E-state index in [9.17, 15) is 18.3 Å². The molecule has 1 heterocycles. The minimum Gasteiger partial charge on any atom is -0.494 e. The first-order chi connectivity index (χ1) is 11.9. The predicted molar refractivity (Wildman–Crippen MR) is 97.0 cm³/mol. The fourth-order valence-corrected chi connectivity index (χ4v) is 2.99. The molecule has 0 unspecified atom stereocenters. The summed E-state index contributed by atoms with van der Waals surface area (Å²) in [4.78, 5) is 14.4. The summed E-state index contributed by atoms with van der Waals surface area (Å²) in [7, 11) is -3.25. The molecule has 7 nitrogen and oxygen atoms in total. The monoisotopic (exact) mass is 357 g/mol. The van der Waals surface area contributed by atoms with Crippen molar-refractivity contribution in [2.24, 2.45) is 5.10 Å². The summed E-state index contributed by atoms with van der Waals surface area (Å²) < 4.78 is 22.9. The van der Waals surface area contributed by atoms with Gasteiger partial charge in [-0.15, -0.1) is 0 Å². The first-order valence-corrected chi connectivity index (χ1v) is 9.18. The van der Waals surface area contributed by atoms with Crippen LogP contribution in [-0.2, 0) is 9.84 Å². The molecule has 0 aliphatic carbocycles. The van der Waals surface area contributed by atoms with E-state index < -0.39 is 9.84 Å². The van der Waals surface area contributed by atoms with Gasteiger partial charge in [0.2, 0.25) is 5.88 Å². The van der Waals surface area contributed by atoms with Crippen molar-refractivity contribution in [2.45, 2.75) is 4.90 Å². The molecular formula is C17H15N3O4S. The molecule has 0 saturated heterocycles. The maximum Gasteiger partial charge on any atom is 0.258 e. The lowest BCUT2D eigenvalue weighted by atomic mass is 10.1. The van der Waals surface area contributed by atoms with Crippen molar-refractivity contribution in [1.29, 1.82) is 0 Å². The SMILES string of the molecule is CS(=O)(=O)c1ccc(NN=Cc2c(O)[nH]c(=O)c3ccccc23)cc1. The Morgan fingerprint density at radius 3 is 2.36 bits per heavy atom. The number of benzene rings is 2. The number of aromatic amines is 1. The number of aromatic hydroxyl groups is 1. The highest BCUT2D eigenvalue weighted by Crippen LogP contribution is 2.20. The lowest BCUT2D eigenvalue weighted by Gasteiger charge is -2.05. The second kappa shape index (κ2) is 6.40. The van der Waals surface area contributed by atoms with E-state index in [1.807, 2.05) is 0 Å². The van der Waals surface area contributed by atoms with Crippen LogP contribution in [0.3, 0.4) is 0 Å². The van der Waals surface area contributed by atoms with E-state index >= 15 is 0 Å². The molecule has 25 heavy (non-hydrogen) atoms. The molecule has 0 atom stereocenters. The molecule has 3 aromatic rings. The highest BCUT2D eigenvalue weighted by atomic mass is 32.2. The van der Waals surface area contributed by atoms with E-state index in [-0.39, 0.29) is 16.3 Å². The molecule has 1 aromatic heterocycles. The summed E-state index contributed by atoms with van der Waals surface area (Å²) in [5, 5.41) is 15.0. The standard InChI is InChI=1S/C17H15N3O4S/c1-25(23,24)12-8-6-11(7-9-12)20-18-10-15-13-4-2-3-5-14(13)16(21)19-17(15)22/h2-10,20H,1H3,(H2,19,21,22). The van der Waals surface area contributed by atoms with Crippen LogP contribution in [0.15, 0.2) is 63.3 Å². The van der Waals surface area contributed by atoms with Gasteiger partial charge in [0.15, 0.2) is 9.84 Å². The first-order valence-electron chi connectivity index (χ1n) is 7.29. The number of hydrazone groups is 1. The Labute approximate surface area is 143 Å². The van der Waals surface area contributed by atoms with Crippen molar-refractivity contribution in [3.05, 3.63) is 64.4 Å². The van der Waals surface area contributed by atoms with Crippen LogP contribution in [0.1, 0.15) is 5.56 Å². The average molecular weight is 357 g/mol. The van der Waals surface area contributed by atoms with Gasteiger partial charge < -0.3 is 5.11 Å². The number of rotatable bonds is 4. The fourth-order valence-electron chi connectivity index (χ4n) is 2.36. The van der Waals surface area contributed by atoms with Crippen molar-refractivity contribution in [3.63, 3.8) is 0 Å². The van der Waals surface area contributed by atoms with Gasteiger partial charge in [-0.1, -0.05) is 18.2 Å². The fraction of sp³-hybridized carbons (Fsp3) is 0.0588. The Kier molecular flexibility index (Phi) is 4.28. The van der Waals surface area contributed by atoms with Crippen LogP contribution in [0.5, 0.6) is 5.88 Å². The Bertz CT molecular complexity index is 1120. The third-order valence-corrected chi connectivity index (χ3v) is 4.75. The molecule has 0 aliphatic heterocycles. The van der Waals surface area contributed by atoms with Crippen molar-refractivity contribution in [3.8, 4) is 5.88 Å². The van der Waals surface area contributed by atoms with Gasteiger partial charge in [-0.05, 0) is 30.3 Å². The Balaban J connectivity index is 1.88. The van der Waals surface area contributed by atoms with Crippen LogP contribution >= 0.6 is 0 Å². The van der Waals surface area contributed by atoms with E-state index in [1.165, 1.54) is 18.3 Å². The van der Waals surface area contributed by atoms with Gasteiger partial charge in [-0.2, -0.15) is 5.10 Å². The first kappa shape index (κ1) is 16.7. The molecule has 0 radical (unpaired) electrons. The summed E-state index contributed by atoms with van der Waals surface area (Å²) in [6, 6.07) is 13.0. The maximum absolute atomic E-state index is 11.8. The zero-order chi connectivity index (χ0) is 18.0. The summed E-state index contributed by atoms with van der Waals surface area (Å²) >= 11 is 0. The number of anilines is 1. The number of hydrogen-bond donors (Lipinski definition) is 3. The quantitative estimate of drug-likeness (QED) is 0.489. The van der Waals surface area contributed by atoms with Gasteiger partial charge in [0.25, 0.3) is 5.56 Å². The summed E-state index contributed by atoms with van der Waals surface area (Å²) in [6.07, 6.45) is 2.52. The van der Waals surface area contributed by atoms with Crippen LogP contribution in [0, 0.1) is 0 Å².